The van der Waals surface area contributed by atoms with Crippen LogP contribution in [-0.4, -0.2) is 29.1 Å². The van der Waals surface area contributed by atoms with Crippen molar-refractivity contribution in [2.24, 2.45) is 50.2 Å². The van der Waals surface area contributed by atoms with Crippen LogP contribution in [0.3, 0.4) is 0 Å². The number of ketones is 1. The Labute approximate surface area is 243 Å². The molecule has 9 atom stereocenters. The van der Waals surface area contributed by atoms with E-state index >= 15 is 0 Å². The lowest BCUT2D eigenvalue weighted by Gasteiger charge is -2.70. The minimum Gasteiger partial charge on any atom is -0.481 e. The van der Waals surface area contributed by atoms with Gasteiger partial charge in [-0.1, -0.05) is 66.4 Å². The highest BCUT2D eigenvalue weighted by molar-refractivity contribution is 5.95. The van der Waals surface area contributed by atoms with Gasteiger partial charge in [-0.3, -0.25) is 9.59 Å². The SMILES string of the molecule is CC12CC[C@](C)(C(=O)O)CC1C1=CC(=O)C3C4(C)CCC(OC5CCCCC5)C(C)(C)C4CCC3(C)[C@]1(C)CC2. The number of aliphatic carboxylic acids is 1. The number of carboxylic acid groups (broad SMARTS) is 1. The monoisotopic (exact) mass is 552 g/mol. The third-order valence-corrected chi connectivity index (χ3v) is 14.9. The Balaban J connectivity index is 1.35. The first-order valence-corrected chi connectivity index (χ1v) is 16.8. The molecule has 0 radical (unpaired) electrons. The van der Waals surface area contributed by atoms with E-state index in [2.05, 4.69) is 47.6 Å². The number of ether oxygens (including phenoxy) is 1. The second-order valence-electron chi connectivity index (χ2n) is 17.3. The standard InChI is InChI=1S/C36H56O4/c1-31(2)27-13-16-36(7)29(34(27,5)15-14-28(31)40-23-11-9-8-10-12-23)26(37)21-24-25-22-33(4,30(38)39)18-17-32(25,3)19-20-35(24,36)6/h21,23,25,27-29H,8-20,22H2,1-7H3,(H,38,39)/t25?,27?,28?,29?,32?,33-,34?,35+,36?/m0/s1. The minimum atomic E-state index is -0.700. The Hall–Kier alpha value is -1.16. The van der Waals surface area contributed by atoms with Gasteiger partial charge in [0.15, 0.2) is 5.78 Å². The molecule has 0 aromatic heterocycles. The number of rotatable bonds is 3. The van der Waals surface area contributed by atoms with Crippen molar-refractivity contribution in [2.45, 2.75) is 151 Å². The number of fused-ring (bicyclic) bond motifs is 7. The molecule has 0 heterocycles. The topological polar surface area (TPSA) is 63.6 Å². The molecule has 0 saturated heterocycles. The molecule has 6 rings (SSSR count). The lowest BCUT2D eigenvalue weighted by molar-refractivity contribution is -0.217. The van der Waals surface area contributed by atoms with Gasteiger partial charge in [-0.2, -0.15) is 0 Å². The molecule has 4 heteroatoms. The van der Waals surface area contributed by atoms with Crippen LogP contribution in [-0.2, 0) is 14.3 Å². The summed E-state index contributed by atoms with van der Waals surface area (Å²) in [7, 11) is 0. The summed E-state index contributed by atoms with van der Waals surface area (Å²) in [5.74, 6) is 0.361. The summed E-state index contributed by atoms with van der Waals surface area (Å²) in [6.45, 7) is 16.6. The summed E-state index contributed by atoms with van der Waals surface area (Å²) >= 11 is 0. The van der Waals surface area contributed by atoms with E-state index in [1.165, 1.54) is 37.7 Å². The van der Waals surface area contributed by atoms with Crippen LogP contribution in [0.25, 0.3) is 0 Å². The molecule has 0 spiro atoms. The van der Waals surface area contributed by atoms with E-state index in [4.69, 9.17) is 4.74 Å². The van der Waals surface area contributed by atoms with Crippen LogP contribution in [0, 0.1) is 50.2 Å². The molecule has 0 aromatic rings. The molecule has 4 nitrogen and oxygen atoms in total. The second-order valence-corrected chi connectivity index (χ2v) is 17.3. The van der Waals surface area contributed by atoms with Gasteiger partial charge in [0, 0.05) is 5.92 Å². The van der Waals surface area contributed by atoms with Gasteiger partial charge in [-0.05, 0) is 123 Å². The van der Waals surface area contributed by atoms with Gasteiger partial charge in [-0.25, -0.2) is 0 Å². The Morgan fingerprint density at radius 3 is 2.20 bits per heavy atom. The van der Waals surface area contributed by atoms with Crippen LogP contribution in [0.4, 0.5) is 0 Å². The molecular formula is C36H56O4. The first-order chi connectivity index (χ1) is 18.6. The van der Waals surface area contributed by atoms with Gasteiger partial charge in [0.1, 0.15) is 0 Å². The third-order valence-electron chi connectivity index (χ3n) is 14.9. The molecule has 5 saturated carbocycles. The largest absolute Gasteiger partial charge is 0.481 e. The molecule has 1 N–H and O–H groups in total. The highest BCUT2D eigenvalue weighted by Gasteiger charge is 2.70. The first kappa shape index (κ1) is 28.9. The van der Waals surface area contributed by atoms with Crippen molar-refractivity contribution in [1.29, 1.82) is 0 Å². The van der Waals surface area contributed by atoms with Crippen LogP contribution in [0.1, 0.15) is 138 Å². The van der Waals surface area contributed by atoms with Crippen molar-refractivity contribution < 1.29 is 19.4 Å². The smallest absolute Gasteiger partial charge is 0.309 e. The first-order valence-electron chi connectivity index (χ1n) is 16.8. The summed E-state index contributed by atoms with van der Waals surface area (Å²) < 4.78 is 6.90. The predicted octanol–water partition coefficient (Wildman–Crippen LogP) is 8.77. The molecule has 224 valence electrons. The Kier molecular flexibility index (Phi) is 6.63. The van der Waals surface area contributed by atoms with E-state index in [9.17, 15) is 14.7 Å². The van der Waals surface area contributed by atoms with Gasteiger partial charge < -0.3 is 9.84 Å². The number of carbonyl (C=O) groups is 2. The average molecular weight is 553 g/mol. The molecular weight excluding hydrogens is 496 g/mol. The van der Waals surface area contributed by atoms with Gasteiger partial charge in [0.05, 0.1) is 17.6 Å². The number of carboxylic acids is 1. The fourth-order valence-corrected chi connectivity index (χ4v) is 12.0. The lowest BCUT2D eigenvalue weighted by Crippen LogP contribution is -2.66. The Bertz CT molecular complexity index is 1100. The van der Waals surface area contributed by atoms with E-state index in [0.717, 1.165) is 51.4 Å². The number of hydrogen-bond donors (Lipinski definition) is 1. The number of allylic oxidation sites excluding steroid dienone is 2. The van der Waals surface area contributed by atoms with Gasteiger partial charge in [0.25, 0.3) is 0 Å². The van der Waals surface area contributed by atoms with E-state index in [0.29, 0.717) is 24.2 Å². The average Bonchev–Trinajstić information content (AvgIpc) is 2.88. The minimum absolute atomic E-state index is 0.0289. The van der Waals surface area contributed by atoms with E-state index < -0.39 is 11.4 Å². The van der Waals surface area contributed by atoms with Crippen molar-refractivity contribution in [2.75, 3.05) is 0 Å². The summed E-state index contributed by atoms with van der Waals surface area (Å²) in [6.07, 6.45) is 18.1. The number of carbonyl (C=O) groups excluding carboxylic acids is 1. The predicted molar refractivity (Wildman–Crippen MR) is 159 cm³/mol. The molecule has 6 aliphatic rings. The molecule has 5 fully saturated rings. The molecule has 0 bridgehead atoms. The zero-order valence-corrected chi connectivity index (χ0v) is 26.5. The summed E-state index contributed by atoms with van der Waals surface area (Å²) in [5, 5.41) is 10.2. The molecule has 0 amide bonds. The van der Waals surface area contributed by atoms with E-state index in [1.54, 1.807) is 0 Å². The van der Waals surface area contributed by atoms with Crippen molar-refractivity contribution >= 4 is 11.8 Å². The van der Waals surface area contributed by atoms with Gasteiger partial charge in [-0.15, -0.1) is 0 Å². The zero-order valence-electron chi connectivity index (χ0n) is 26.5. The summed E-state index contributed by atoms with van der Waals surface area (Å²) in [4.78, 5) is 26.9. The maximum absolute atomic E-state index is 14.6. The van der Waals surface area contributed by atoms with Crippen molar-refractivity contribution in [3.63, 3.8) is 0 Å². The quantitative estimate of drug-likeness (QED) is 0.380. The van der Waals surface area contributed by atoms with Crippen LogP contribution in [0.15, 0.2) is 11.6 Å². The van der Waals surface area contributed by atoms with E-state index in [1.807, 2.05) is 6.92 Å². The maximum atomic E-state index is 14.6. The zero-order chi connectivity index (χ0) is 28.9. The van der Waals surface area contributed by atoms with Crippen molar-refractivity contribution in [1.82, 2.24) is 0 Å². The van der Waals surface area contributed by atoms with Gasteiger partial charge in [0.2, 0.25) is 0 Å². The second kappa shape index (κ2) is 9.17. The molecule has 0 aromatic carbocycles. The fraction of sp³-hybridized carbons (Fsp3) is 0.889. The normalized spacial score (nSPS) is 50.6. The Morgan fingerprint density at radius 1 is 0.850 bits per heavy atom. The van der Waals surface area contributed by atoms with Gasteiger partial charge >= 0.3 is 5.97 Å². The van der Waals surface area contributed by atoms with Crippen molar-refractivity contribution in [3.05, 3.63) is 11.6 Å². The van der Waals surface area contributed by atoms with Crippen LogP contribution < -0.4 is 0 Å². The fourth-order valence-electron chi connectivity index (χ4n) is 12.0. The van der Waals surface area contributed by atoms with Crippen LogP contribution >= 0.6 is 0 Å². The highest BCUT2D eigenvalue weighted by atomic mass is 16.5. The summed E-state index contributed by atoms with van der Waals surface area (Å²) in [5.41, 5.74) is 0.580. The lowest BCUT2D eigenvalue weighted by atomic mass is 9.33. The number of hydrogen-bond acceptors (Lipinski definition) is 3. The molecule has 40 heavy (non-hydrogen) atoms. The maximum Gasteiger partial charge on any atom is 0.309 e. The molecule has 6 aliphatic carbocycles. The van der Waals surface area contributed by atoms with Crippen molar-refractivity contribution in [3.8, 4) is 0 Å². The Morgan fingerprint density at radius 2 is 1.52 bits per heavy atom. The molecule has 0 aliphatic heterocycles. The highest BCUT2D eigenvalue weighted by Crippen LogP contribution is 2.75. The molecule has 7 unspecified atom stereocenters. The third kappa shape index (κ3) is 3.85. The summed E-state index contributed by atoms with van der Waals surface area (Å²) in [6, 6.07) is 0. The van der Waals surface area contributed by atoms with Crippen LogP contribution in [0.5, 0.6) is 0 Å². The van der Waals surface area contributed by atoms with E-state index in [-0.39, 0.29) is 45.0 Å². The van der Waals surface area contributed by atoms with Crippen LogP contribution in [0.2, 0.25) is 0 Å².